The molecule has 7 nitrogen and oxygen atoms in total. The zero-order valence-corrected chi connectivity index (χ0v) is 23.0. The zero-order valence-electron chi connectivity index (χ0n) is 23.0. The van der Waals surface area contributed by atoms with Gasteiger partial charge in [0.25, 0.3) is 0 Å². The molecule has 0 bridgehead atoms. The first-order valence-electron chi connectivity index (χ1n) is 15.7. The summed E-state index contributed by atoms with van der Waals surface area (Å²) in [7, 11) is 0. The predicted octanol–water partition coefficient (Wildman–Crippen LogP) is 3.81. The molecule has 2 aliphatic carbocycles. The number of carbonyl (C=O) groups excluding carboxylic acids is 2. The molecule has 1 N–H and O–H groups in total. The van der Waals surface area contributed by atoms with E-state index in [4.69, 9.17) is 9.47 Å². The van der Waals surface area contributed by atoms with Crippen molar-refractivity contribution in [2.75, 3.05) is 39.3 Å². The van der Waals surface area contributed by atoms with Gasteiger partial charge in [-0.3, -0.25) is 14.5 Å². The molecule has 0 aromatic heterocycles. The summed E-state index contributed by atoms with van der Waals surface area (Å²) >= 11 is 0. The van der Waals surface area contributed by atoms with Gasteiger partial charge >= 0.3 is 5.97 Å². The average Bonchev–Trinajstić information content (AvgIpc) is 3.36. The number of hydrogen-bond donors (Lipinski definition) is 1. The number of nitrogens with one attached hydrogen (secondary N) is 1. The summed E-state index contributed by atoms with van der Waals surface area (Å²) in [6.45, 7) is 7.77. The molecule has 6 fully saturated rings. The van der Waals surface area contributed by atoms with E-state index in [1.54, 1.807) is 0 Å². The average molecular weight is 516 g/mol. The molecule has 0 radical (unpaired) electrons. The lowest BCUT2D eigenvalue weighted by molar-refractivity contribution is -0.182. The van der Waals surface area contributed by atoms with Crippen molar-refractivity contribution in [1.82, 2.24) is 15.1 Å². The first-order valence-corrected chi connectivity index (χ1v) is 15.7. The number of piperidine rings is 1. The van der Waals surface area contributed by atoms with Crippen molar-refractivity contribution in [3.63, 3.8) is 0 Å². The van der Waals surface area contributed by atoms with Crippen LogP contribution in [0.4, 0.5) is 0 Å². The van der Waals surface area contributed by atoms with Gasteiger partial charge in [0.1, 0.15) is 6.10 Å². The Kier molecular flexibility index (Phi) is 8.11. The number of nitrogens with zero attached hydrogens (tertiary/aromatic N) is 2. The molecule has 6 rings (SSSR count). The van der Waals surface area contributed by atoms with Gasteiger partial charge in [-0.15, -0.1) is 0 Å². The maximum atomic E-state index is 13.1. The second-order valence-electron chi connectivity index (χ2n) is 13.1. The highest BCUT2D eigenvalue weighted by atomic mass is 16.6. The Morgan fingerprint density at radius 1 is 0.919 bits per heavy atom. The minimum Gasteiger partial charge on any atom is -0.462 e. The molecule has 8 atom stereocenters. The molecule has 1 amide bonds. The lowest BCUT2D eigenvalue weighted by Crippen LogP contribution is -2.56. The molecule has 2 saturated carbocycles. The van der Waals surface area contributed by atoms with Crippen LogP contribution in [0, 0.1) is 35.5 Å². The summed E-state index contributed by atoms with van der Waals surface area (Å²) < 4.78 is 12.4. The van der Waals surface area contributed by atoms with Crippen molar-refractivity contribution in [3.8, 4) is 0 Å². The zero-order chi connectivity index (χ0) is 25.4. The van der Waals surface area contributed by atoms with Crippen molar-refractivity contribution >= 4 is 11.9 Å². The number of amides is 1. The molecular weight excluding hydrogens is 466 g/mol. The standard InChI is InChI=1S/C30H49N3O4/c1-20-22(10-11-29(34)33-15-13-32(14-16-33)28-9-5-6-12-31-28)30(35)37-27-18-26-24(17-23(20)27)25(19-36-26)21-7-3-2-4-8-21/h20-28,31H,2-19H2,1H3. The Hall–Kier alpha value is -1.18. The summed E-state index contributed by atoms with van der Waals surface area (Å²) in [5, 5.41) is 3.63. The molecule has 208 valence electrons. The number of piperazine rings is 1. The van der Waals surface area contributed by atoms with Gasteiger partial charge in [0.2, 0.25) is 5.91 Å². The molecule has 4 aliphatic heterocycles. The van der Waals surface area contributed by atoms with E-state index in [0.717, 1.165) is 58.1 Å². The van der Waals surface area contributed by atoms with Gasteiger partial charge in [-0.1, -0.05) is 39.0 Å². The third-order valence-corrected chi connectivity index (χ3v) is 11.2. The lowest BCUT2D eigenvalue weighted by Gasteiger charge is -2.47. The molecule has 4 heterocycles. The highest BCUT2D eigenvalue weighted by Crippen LogP contribution is 2.51. The number of ether oxygens (including phenoxy) is 2. The molecule has 0 spiro atoms. The Labute approximate surface area is 223 Å². The van der Waals surface area contributed by atoms with Crippen molar-refractivity contribution in [1.29, 1.82) is 0 Å². The van der Waals surface area contributed by atoms with Crippen LogP contribution < -0.4 is 5.32 Å². The van der Waals surface area contributed by atoms with Gasteiger partial charge in [-0.25, -0.2) is 0 Å². The Morgan fingerprint density at radius 2 is 1.70 bits per heavy atom. The van der Waals surface area contributed by atoms with Gasteiger partial charge in [-0.2, -0.15) is 0 Å². The predicted molar refractivity (Wildman–Crippen MR) is 142 cm³/mol. The summed E-state index contributed by atoms with van der Waals surface area (Å²) in [6, 6.07) is 0. The quantitative estimate of drug-likeness (QED) is 0.562. The van der Waals surface area contributed by atoms with Crippen molar-refractivity contribution in [2.24, 2.45) is 35.5 Å². The van der Waals surface area contributed by atoms with E-state index >= 15 is 0 Å². The van der Waals surface area contributed by atoms with Crippen LogP contribution in [0.25, 0.3) is 0 Å². The van der Waals surface area contributed by atoms with E-state index in [2.05, 4.69) is 17.1 Å². The van der Waals surface area contributed by atoms with E-state index in [-0.39, 0.29) is 35.9 Å². The van der Waals surface area contributed by atoms with Gasteiger partial charge in [0, 0.05) is 39.0 Å². The summed E-state index contributed by atoms with van der Waals surface area (Å²) in [6.07, 6.45) is 14.5. The molecule has 0 aromatic carbocycles. The fourth-order valence-electron chi connectivity index (χ4n) is 8.93. The van der Waals surface area contributed by atoms with Crippen LogP contribution in [0.5, 0.6) is 0 Å². The van der Waals surface area contributed by atoms with Crippen LogP contribution in [0.1, 0.15) is 84.0 Å². The smallest absolute Gasteiger partial charge is 0.309 e. The van der Waals surface area contributed by atoms with Gasteiger partial charge in [0.15, 0.2) is 0 Å². The van der Waals surface area contributed by atoms with Crippen molar-refractivity contribution in [2.45, 2.75) is 102 Å². The number of rotatable bonds is 5. The largest absolute Gasteiger partial charge is 0.462 e. The van der Waals surface area contributed by atoms with E-state index in [0.29, 0.717) is 36.8 Å². The number of esters is 1. The van der Waals surface area contributed by atoms with Crippen LogP contribution in [-0.4, -0.2) is 79.4 Å². The maximum absolute atomic E-state index is 13.1. The minimum atomic E-state index is -0.148. The van der Waals surface area contributed by atoms with Crippen LogP contribution >= 0.6 is 0 Å². The Morgan fingerprint density at radius 3 is 2.46 bits per heavy atom. The minimum absolute atomic E-state index is 0.00211. The number of hydrogen-bond acceptors (Lipinski definition) is 6. The topological polar surface area (TPSA) is 71.1 Å². The Bertz CT molecular complexity index is 803. The van der Waals surface area contributed by atoms with Gasteiger partial charge in [-0.05, 0) is 68.2 Å². The SMILES string of the molecule is CC1C(CCC(=O)N2CCN(C3CCCCN3)CC2)C(=O)OC2CC3OCC(C4CCCCC4)C3CC21. The number of fused-ring (bicyclic) bond motifs is 2. The van der Waals surface area contributed by atoms with Gasteiger partial charge in [0.05, 0.1) is 24.8 Å². The fourth-order valence-corrected chi connectivity index (χ4v) is 8.93. The molecule has 4 saturated heterocycles. The van der Waals surface area contributed by atoms with Crippen molar-refractivity contribution < 1.29 is 19.1 Å². The van der Waals surface area contributed by atoms with Crippen LogP contribution in [0.15, 0.2) is 0 Å². The molecule has 7 heteroatoms. The second kappa shape index (κ2) is 11.5. The molecule has 8 unspecified atom stereocenters. The van der Waals surface area contributed by atoms with Crippen LogP contribution in [0.2, 0.25) is 0 Å². The first kappa shape index (κ1) is 26.1. The normalized spacial score (nSPS) is 41.6. The first-order chi connectivity index (χ1) is 18.1. The van der Waals surface area contributed by atoms with Gasteiger partial charge < -0.3 is 19.7 Å². The maximum Gasteiger partial charge on any atom is 0.309 e. The summed E-state index contributed by atoms with van der Waals surface area (Å²) in [5.74, 6) is 2.83. The van der Waals surface area contributed by atoms with E-state index < -0.39 is 0 Å². The highest BCUT2D eigenvalue weighted by molar-refractivity contribution is 5.78. The molecule has 37 heavy (non-hydrogen) atoms. The van der Waals surface area contributed by atoms with Crippen LogP contribution in [-0.2, 0) is 19.1 Å². The van der Waals surface area contributed by atoms with E-state index in [1.165, 1.54) is 51.4 Å². The number of carbonyl (C=O) groups is 2. The van der Waals surface area contributed by atoms with Crippen molar-refractivity contribution in [3.05, 3.63) is 0 Å². The molecule has 6 aliphatic rings. The third-order valence-electron chi connectivity index (χ3n) is 11.2. The molecular formula is C30H49N3O4. The summed E-state index contributed by atoms with van der Waals surface area (Å²) in [4.78, 5) is 30.7. The second-order valence-corrected chi connectivity index (χ2v) is 13.1. The summed E-state index contributed by atoms with van der Waals surface area (Å²) in [5.41, 5.74) is 0. The van der Waals surface area contributed by atoms with Crippen LogP contribution in [0.3, 0.4) is 0 Å². The molecule has 0 aromatic rings. The third kappa shape index (κ3) is 5.47. The Balaban J connectivity index is 1.01. The van der Waals surface area contributed by atoms with E-state index in [9.17, 15) is 9.59 Å². The highest BCUT2D eigenvalue weighted by Gasteiger charge is 2.53. The fraction of sp³-hybridized carbons (Fsp3) is 0.933. The van der Waals surface area contributed by atoms with E-state index in [1.807, 2.05) is 4.90 Å². The lowest BCUT2D eigenvalue weighted by atomic mass is 9.62. The monoisotopic (exact) mass is 515 g/mol.